The molecule has 0 saturated heterocycles. The molecular formula is C28H21BrO4. The third-order valence-electron chi connectivity index (χ3n) is 5.88. The van der Waals surface area contributed by atoms with Crippen molar-refractivity contribution in [2.45, 2.75) is 23.5 Å². The number of carbonyl (C=O) groups is 2. The van der Waals surface area contributed by atoms with Crippen LogP contribution in [0.5, 0.6) is 0 Å². The summed E-state index contributed by atoms with van der Waals surface area (Å²) in [6.07, 6.45) is -0.876. The van der Waals surface area contributed by atoms with Gasteiger partial charge in [0, 0.05) is 16.8 Å². The minimum atomic E-state index is -0.723. The minimum absolute atomic E-state index is 0.0441. The molecule has 3 unspecified atom stereocenters. The predicted octanol–water partition coefficient (Wildman–Crippen LogP) is 6.80. The molecule has 0 bridgehead atoms. The van der Waals surface area contributed by atoms with Crippen LogP contribution in [0.3, 0.4) is 0 Å². The van der Waals surface area contributed by atoms with E-state index in [-0.39, 0.29) is 4.83 Å². The lowest BCUT2D eigenvalue weighted by molar-refractivity contribution is -0.0438. The van der Waals surface area contributed by atoms with Crippen molar-refractivity contribution in [1.82, 2.24) is 0 Å². The molecule has 0 aliphatic heterocycles. The zero-order chi connectivity index (χ0) is 22.8. The van der Waals surface area contributed by atoms with Gasteiger partial charge in [0.15, 0.2) is 6.10 Å². The number of esters is 2. The second-order valence-corrected chi connectivity index (χ2v) is 9.14. The number of fused-ring (bicyclic) bond motifs is 2. The molecule has 1 aliphatic carbocycles. The predicted molar refractivity (Wildman–Crippen MR) is 130 cm³/mol. The molecule has 5 heteroatoms. The van der Waals surface area contributed by atoms with Gasteiger partial charge in [0.1, 0.15) is 6.10 Å². The lowest BCUT2D eigenvalue weighted by Crippen LogP contribution is -2.34. The van der Waals surface area contributed by atoms with E-state index in [0.29, 0.717) is 17.5 Å². The summed E-state index contributed by atoms with van der Waals surface area (Å²) in [7, 11) is 0. The maximum atomic E-state index is 13.0. The van der Waals surface area contributed by atoms with Crippen LogP contribution < -0.4 is 0 Å². The van der Waals surface area contributed by atoms with Gasteiger partial charge in [-0.3, -0.25) is 0 Å². The molecule has 4 nitrogen and oxygen atoms in total. The number of benzene rings is 4. The molecule has 5 rings (SSSR count). The summed E-state index contributed by atoms with van der Waals surface area (Å²) in [6.45, 7) is 0. The lowest BCUT2D eigenvalue weighted by atomic mass is 9.85. The smallest absolute Gasteiger partial charge is 0.338 e. The van der Waals surface area contributed by atoms with Gasteiger partial charge in [-0.25, -0.2) is 9.59 Å². The first-order chi connectivity index (χ1) is 16.1. The summed E-state index contributed by atoms with van der Waals surface area (Å²) >= 11 is 3.77. The van der Waals surface area contributed by atoms with Crippen LogP contribution in [-0.4, -0.2) is 18.0 Å². The number of rotatable bonds is 4. The van der Waals surface area contributed by atoms with Crippen molar-refractivity contribution in [3.05, 3.63) is 119 Å². The number of ether oxygens (including phenoxy) is 2. The second kappa shape index (κ2) is 9.20. The number of alkyl halides is 1. The zero-order valence-electron chi connectivity index (χ0n) is 17.7. The van der Waals surface area contributed by atoms with E-state index in [9.17, 15) is 9.59 Å². The van der Waals surface area contributed by atoms with Crippen molar-refractivity contribution in [1.29, 1.82) is 0 Å². The molecule has 0 spiro atoms. The Bertz CT molecular complexity index is 1300. The Kier molecular flexibility index (Phi) is 5.97. The largest absolute Gasteiger partial charge is 0.454 e. The van der Waals surface area contributed by atoms with Gasteiger partial charge in [-0.1, -0.05) is 76.6 Å². The topological polar surface area (TPSA) is 52.6 Å². The molecule has 0 aromatic heterocycles. The van der Waals surface area contributed by atoms with E-state index in [1.807, 2.05) is 36.4 Å². The summed E-state index contributed by atoms with van der Waals surface area (Å²) in [5.41, 5.74) is 2.79. The number of hydrogen-bond acceptors (Lipinski definition) is 4. The van der Waals surface area contributed by atoms with Crippen LogP contribution in [0.2, 0.25) is 0 Å². The Labute approximate surface area is 200 Å². The van der Waals surface area contributed by atoms with Crippen molar-refractivity contribution < 1.29 is 19.1 Å². The Morgan fingerprint density at radius 1 is 0.667 bits per heavy atom. The van der Waals surface area contributed by atoms with Crippen molar-refractivity contribution in [3.8, 4) is 0 Å². The summed E-state index contributed by atoms with van der Waals surface area (Å²) in [6, 6.07) is 29.9. The highest BCUT2D eigenvalue weighted by atomic mass is 79.9. The molecule has 4 aromatic carbocycles. The van der Waals surface area contributed by atoms with Crippen LogP contribution in [0.1, 0.15) is 49.2 Å². The fraction of sp³-hybridized carbons (Fsp3) is 0.143. The van der Waals surface area contributed by atoms with Crippen LogP contribution in [0.15, 0.2) is 97.1 Å². The summed E-state index contributed by atoms with van der Waals surface area (Å²) < 4.78 is 11.9. The molecule has 0 radical (unpaired) electrons. The lowest BCUT2D eigenvalue weighted by Gasteiger charge is -2.35. The third kappa shape index (κ3) is 4.41. The van der Waals surface area contributed by atoms with E-state index in [1.54, 1.807) is 48.5 Å². The highest BCUT2D eigenvalue weighted by Gasteiger charge is 2.39. The highest BCUT2D eigenvalue weighted by molar-refractivity contribution is 9.09. The van der Waals surface area contributed by atoms with Gasteiger partial charge in [-0.15, -0.1) is 0 Å². The molecule has 33 heavy (non-hydrogen) atoms. The first-order valence-corrected chi connectivity index (χ1v) is 11.7. The van der Waals surface area contributed by atoms with Crippen molar-refractivity contribution in [3.63, 3.8) is 0 Å². The van der Waals surface area contributed by atoms with Crippen molar-refractivity contribution in [2.75, 3.05) is 0 Å². The van der Waals surface area contributed by atoms with Crippen LogP contribution in [0, 0.1) is 0 Å². The van der Waals surface area contributed by atoms with Crippen LogP contribution in [0.4, 0.5) is 0 Å². The van der Waals surface area contributed by atoms with Crippen LogP contribution >= 0.6 is 15.9 Å². The summed E-state index contributed by atoms with van der Waals surface area (Å²) in [4.78, 5) is 25.8. The zero-order valence-corrected chi connectivity index (χ0v) is 19.3. The Morgan fingerprint density at radius 2 is 1.15 bits per heavy atom. The van der Waals surface area contributed by atoms with E-state index in [2.05, 4.69) is 28.1 Å². The average Bonchev–Trinajstić information content (AvgIpc) is 2.86. The molecule has 0 N–H and O–H groups in total. The van der Waals surface area contributed by atoms with Gasteiger partial charge in [0.2, 0.25) is 0 Å². The van der Waals surface area contributed by atoms with Gasteiger partial charge in [-0.05, 0) is 52.7 Å². The molecular weight excluding hydrogens is 480 g/mol. The van der Waals surface area contributed by atoms with E-state index >= 15 is 0 Å². The molecule has 3 atom stereocenters. The normalized spacial score (nSPS) is 19.5. The molecule has 1 aliphatic rings. The third-order valence-corrected chi connectivity index (χ3v) is 6.75. The van der Waals surface area contributed by atoms with E-state index in [1.165, 1.54) is 0 Å². The fourth-order valence-electron chi connectivity index (χ4n) is 4.23. The molecule has 0 fully saturated rings. The van der Waals surface area contributed by atoms with Crippen molar-refractivity contribution >= 4 is 38.6 Å². The number of halogens is 1. The molecule has 4 aromatic rings. The van der Waals surface area contributed by atoms with Crippen molar-refractivity contribution in [2.24, 2.45) is 0 Å². The van der Waals surface area contributed by atoms with E-state index < -0.39 is 24.1 Å². The Hall–Kier alpha value is -3.44. The fourth-order valence-corrected chi connectivity index (χ4v) is 5.00. The van der Waals surface area contributed by atoms with Crippen LogP contribution in [-0.2, 0) is 9.47 Å². The minimum Gasteiger partial charge on any atom is -0.454 e. The molecule has 0 amide bonds. The van der Waals surface area contributed by atoms with Gasteiger partial charge in [0.05, 0.1) is 11.1 Å². The molecule has 0 saturated carbocycles. The maximum Gasteiger partial charge on any atom is 0.338 e. The second-order valence-electron chi connectivity index (χ2n) is 8.03. The van der Waals surface area contributed by atoms with Crippen LogP contribution in [0.25, 0.3) is 10.8 Å². The van der Waals surface area contributed by atoms with Gasteiger partial charge in [0.25, 0.3) is 0 Å². The summed E-state index contributed by atoms with van der Waals surface area (Å²) in [5, 5.41) is 2.14. The van der Waals surface area contributed by atoms with E-state index in [0.717, 1.165) is 21.9 Å². The average molecular weight is 501 g/mol. The first-order valence-electron chi connectivity index (χ1n) is 10.8. The number of carbonyl (C=O) groups excluding carboxylic acids is 2. The van der Waals surface area contributed by atoms with Gasteiger partial charge < -0.3 is 9.47 Å². The van der Waals surface area contributed by atoms with Gasteiger partial charge in [-0.2, -0.15) is 0 Å². The Morgan fingerprint density at radius 3 is 1.73 bits per heavy atom. The van der Waals surface area contributed by atoms with E-state index in [4.69, 9.17) is 9.47 Å². The quantitative estimate of drug-likeness (QED) is 0.228. The molecule has 0 heterocycles. The number of hydrogen-bond donors (Lipinski definition) is 0. The SMILES string of the molecule is O=C(OC1CC(Br)c2cc3ccccc3cc2C1OC(=O)c1ccccc1)c1ccccc1. The summed E-state index contributed by atoms with van der Waals surface area (Å²) in [5.74, 6) is -0.890. The Balaban J connectivity index is 1.54. The highest BCUT2D eigenvalue weighted by Crippen LogP contribution is 2.46. The van der Waals surface area contributed by atoms with Gasteiger partial charge >= 0.3 is 11.9 Å². The monoisotopic (exact) mass is 500 g/mol. The maximum absolute atomic E-state index is 13.0. The standard InChI is InChI=1S/C28H21BrO4/c29-24-17-25(32-27(30)18-9-3-1-4-10-18)26(33-28(31)19-11-5-2-6-12-19)23-16-21-14-8-7-13-20(21)15-22(23)24/h1-16,24-26H,17H2. The first kappa shape index (κ1) is 21.4. The molecule has 164 valence electrons.